The number of fused-ring (bicyclic) bond motifs is 1. The molecule has 0 spiro atoms. The van der Waals surface area contributed by atoms with Gasteiger partial charge in [0.25, 0.3) is 15.9 Å². The highest BCUT2D eigenvalue weighted by molar-refractivity contribution is 7.90. The van der Waals surface area contributed by atoms with E-state index in [1.165, 1.54) is 25.3 Å². The molecule has 0 aliphatic carbocycles. The molecule has 29 heavy (non-hydrogen) atoms. The van der Waals surface area contributed by atoms with Crippen molar-refractivity contribution in [1.29, 1.82) is 0 Å². The molecule has 2 heterocycles. The van der Waals surface area contributed by atoms with E-state index in [0.29, 0.717) is 9.18 Å². The van der Waals surface area contributed by atoms with E-state index in [1.54, 1.807) is 6.07 Å². The lowest BCUT2D eigenvalue weighted by atomic mass is 10.1. The first kappa shape index (κ1) is 20.9. The fraction of sp³-hybridized carbons (Fsp3) is 0.333. The maximum Gasteiger partial charge on any atom is 0.357 e. The fourth-order valence-corrected chi connectivity index (χ4v) is 5.40. The average molecular weight is 437 g/mol. The number of thiazole rings is 1. The lowest BCUT2D eigenvalue weighted by molar-refractivity contribution is -0.116. The topological polar surface area (TPSA) is 123 Å². The number of esters is 1. The highest BCUT2D eigenvalue weighted by Gasteiger charge is 2.40. The van der Waals surface area contributed by atoms with Gasteiger partial charge < -0.3 is 10.1 Å². The van der Waals surface area contributed by atoms with E-state index in [2.05, 4.69) is 10.3 Å². The van der Waals surface area contributed by atoms with Crippen LogP contribution in [0.3, 0.4) is 0 Å². The molecular weight excluding hydrogens is 418 g/mol. The summed E-state index contributed by atoms with van der Waals surface area (Å²) < 4.78 is 30.4. The largest absolute Gasteiger partial charge is 0.464 e. The van der Waals surface area contributed by atoms with Gasteiger partial charge in [0, 0.05) is 17.8 Å². The smallest absolute Gasteiger partial charge is 0.357 e. The third-order valence-corrected chi connectivity index (χ3v) is 7.37. The molecule has 0 atom stereocenters. The molecule has 11 heteroatoms. The predicted molar refractivity (Wildman–Crippen MR) is 105 cm³/mol. The van der Waals surface area contributed by atoms with Gasteiger partial charge in [-0.3, -0.25) is 9.59 Å². The van der Waals surface area contributed by atoms with Gasteiger partial charge in [-0.25, -0.2) is 22.5 Å². The number of carbonyl (C=O) groups excluding carboxylic acids is 3. The SMILES string of the molecule is COC(=O)c1nc(NC(=O)CCN2C(=O)c3ccccc3S2(=O)=O)sc1C(C)C. The van der Waals surface area contributed by atoms with Crippen molar-refractivity contribution in [3.8, 4) is 0 Å². The van der Waals surface area contributed by atoms with Crippen LogP contribution in [0.5, 0.6) is 0 Å². The summed E-state index contributed by atoms with van der Waals surface area (Å²) in [6.07, 6.45) is -0.247. The minimum absolute atomic E-state index is 0.00174. The van der Waals surface area contributed by atoms with E-state index in [0.717, 1.165) is 11.3 Å². The van der Waals surface area contributed by atoms with Gasteiger partial charge >= 0.3 is 5.97 Å². The molecule has 1 aromatic carbocycles. The van der Waals surface area contributed by atoms with E-state index in [9.17, 15) is 22.8 Å². The zero-order chi connectivity index (χ0) is 21.3. The van der Waals surface area contributed by atoms with Crippen LogP contribution in [0.1, 0.15) is 51.9 Å². The van der Waals surface area contributed by atoms with Crippen LogP contribution < -0.4 is 5.32 Å². The third-order valence-electron chi connectivity index (χ3n) is 4.26. The normalized spacial score (nSPS) is 14.8. The Hall–Kier alpha value is -2.79. The first-order valence-corrected chi connectivity index (χ1v) is 11.0. The number of benzene rings is 1. The minimum atomic E-state index is -3.96. The molecule has 1 N–H and O–H groups in total. The van der Waals surface area contributed by atoms with Crippen LogP contribution >= 0.6 is 11.3 Å². The summed E-state index contributed by atoms with van der Waals surface area (Å²) >= 11 is 1.15. The van der Waals surface area contributed by atoms with Crippen LogP contribution in [0.4, 0.5) is 5.13 Å². The molecule has 0 unspecified atom stereocenters. The van der Waals surface area contributed by atoms with Crippen LogP contribution in [0, 0.1) is 0 Å². The molecule has 0 radical (unpaired) electrons. The number of hydrogen-bond donors (Lipinski definition) is 1. The van der Waals surface area contributed by atoms with Crippen molar-refractivity contribution in [2.24, 2.45) is 0 Å². The number of nitrogens with one attached hydrogen (secondary N) is 1. The highest BCUT2D eigenvalue weighted by atomic mass is 32.2. The number of ether oxygens (including phenoxy) is 1. The Morgan fingerprint density at radius 2 is 1.97 bits per heavy atom. The summed E-state index contributed by atoms with van der Waals surface area (Å²) in [5.41, 5.74) is 0.229. The summed E-state index contributed by atoms with van der Waals surface area (Å²) in [6.45, 7) is 3.47. The summed E-state index contributed by atoms with van der Waals surface area (Å²) in [5, 5.41) is 2.76. The van der Waals surface area contributed by atoms with Crippen molar-refractivity contribution < 1.29 is 27.5 Å². The quantitative estimate of drug-likeness (QED) is 0.688. The second-order valence-corrected chi connectivity index (χ2v) is 9.42. The van der Waals surface area contributed by atoms with Crippen molar-refractivity contribution in [3.63, 3.8) is 0 Å². The molecule has 0 fully saturated rings. The summed E-state index contributed by atoms with van der Waals surface area (Å²) in [6, 6.07) is 5.91. The monoisotopic (exact) mass is 437 g/mol. The molecule has 2 aromatic rings. The molecule has 9 nitrogen and oxygen atoms in total. The zero-order valence-corrected chi connectivity index (χ0v) is 17.6. The van der Waals surface area contributed by atoms with E-state index < -0.39 is 27.8 Å². The Morgan fingerprint density at radius 1 is 1.28 bits per heavy atom. The summed E-state index contributed by atoms with van der Waals surface area (Å²) in [5.74, 6) is -1.78. The fourth-order valence-electron chi connectivity index (χ4n) is 2.86. The molecule has 1 aliphatic rings. The van der Waals surface area contributed by atoms with Crippen LogP contribution in [0.15, 0.2) is 29.2 Å². The Bertz CT molecular complexity index is 1090. The number of methoxy groups -OCH3 is 1. The number of anilines is 1. The standard InChI is InChI=1S/C18H19N3O6S2/c1-10(2)15-14(17(24)27-3)20-18(28-15)19-13(22)8-9-21-16(23)11-6-4-5-7-12(11)29(21,25)26/h4-7,10H,8-9H2,1-3H3,(H,19,20,22). The van der Waals surface area contributed by atoms with Gasteiger partial charge in [-0.05, 0) is 18.1 Å². The van der Waals surface area contributed by atoms with Crippen molar-refractivity contribution in [2.45, 2.75) is 31.1 Å². The van der Waals surface area contributed by atoms with Gasteiger partial charge in [0.15, 0.2) is 10.8 Å². The number of aromatic nitrogens is 1. The maximum absolute atomic E-state index is 12.5. The van der Waals surface area contributed by atoms with Crippen molar-refractivity contribution in [3.05, 3.63) is 40.4 Å². The Balaban J connectivity index is 1.70. The Labute approximate surface area is 171 Å². The van der Waals surface area contributed by atoms with E-state index in [1.807, 2.05) is 13.8 Å². The van der Waals surface area contributed by atoms with Gasteiger partial charge in [0.2, 0.25) is 5.91 Å². The molecule has 2 amide bonds. The van der Waals surface area contributed by atoms with Gasteiger partial charge in [-0.15, -0.1) is 11.3 Å². The van der Waals surface area contributed by atoms with Gasteiger partial charge in [0.05, 0.1) is 12.7 Å². The lowest BCUT2D eigenvalue weighted by Gasteiger charge is -2.14. The average Bonchev–Trinajstić information content (AvgIpc) is 3.18. The Kier molecular flexibility index (Phi) is 5.71. The summed E-state index contributed by atoms with van der Waals surface area (Å²) in [7, 11) is -2.72. The molecule has 1 aromatic heterocycles. The van der Waals surface area contributed by atoms with Crippen molar-refractivity contribution in [2.75, 3.05) is 19.0 Å². The second kappa shape index (κ2) is 7.91. The molecule has 0 saturated heterocycles. The molecule has 154 valence electrons. The first-order chi connectivity index (χ1) is 13.7. The van der Waals surface area contributed by atoms with Gasteiger partial charge in [0.1, 0.15) is 4.90 Å². The maximum atomic E-state index is 12.5. The molecule has 3 rings (SSSR count). The molecular formula is C18H19N3O6S2. The number of nitrogens with zero attached hydrogens (tertiary/aromatic N) is 2. The molecule has 0 bridgehead atoms. The van der Waals surface area contributed by atoms with E-state index >= 15 is 0 Å². The Morgan fingerprint density at radius 3 is 2.59 bits per heavy atom. The first-order valence-electron chi connectivity index (χ1n) is 8.71. The number of carbonyl (C=O) groups is 3. The van der Waals surface area contributed by atoms with Crippen molar-refractivity contribution in [1.82, 2.24) is 9.29 Å². The third kappa shape index (κ3) is 3.87. The number of rotatable bonds is 6. The lowest BCUT2D eigenvalue weighted by Crippen LogP contribution is -2.33. The van der Waals surface area contributed by atoms with Crippen LogP contribution in [-0.4, -0.2) is 49.1 Å². The summed E-state index contributed by atoms with van der Waals surface area (Å²) in [4.78, 5) is 41.2. The van der Waals surface area contributed by atoms with E-state index in [4.69, 9.17) is 4.74 Å². The molecule has 0 saturated carbocycles. The van der Waals surface area contributed by atoms with Crippen molar-refractivity contribution >= 4 is 44.3 Å². The van der Waals surface area contributed by atoms with Gasteiger partial charge in [-0.2, -0.15) is 0 Å². The number of sulfonamides is 1. The van der Waals surface area contributed by atoms with Gasteiger partial charge in [-0.1, -0.05) is 26.0 Å². The van der Waals surface area contributed by atoms with Crippen LogP contribution in [-0.2, 0) is 19.6 Å². The zero-order valence-electron chi connectivity index (χ0n) is 16.0. The number of hydrogen-bond acceptors (Lipinski definition) is 8. The number of amides is 2. The highest BCUT2D eigenvalue weighted by Crippen LogP contribution is 2.31. The predicted octanol–water partition coefficient (Wildman–Crippen LogP) is 2.23. The van der Waals surface area contributed by atoms with Crippen LogP contribution in [0.25, 0.3) is 0 Å². The molecule has 1 aliphatic heterocycles. The second-order valence-electron chi connectivity index (χ2n) is 6.55. The van der Waals surface area contributed by atoms with E-state index in [-0.39, 0.29) is 40.2 Å². The minimum Gasteiger partial charge on any atom is -0.464 e. The van der Waals surface area contributed by atoms with Crippen LogP contribution in [0.2, 0.25) is 0 Å².